The smallest absolute Gasteiger partial charge is 0.270 e. The minimum Gasteiger partial charge on any atom is -0.493 e. The molecule has 0 fully saturated rings. The van der Waals surface area contributed by atoms with Gasteiger partial charge in [0.05, 0.1) is 48.2 Å². The van der Waals surface area contributed by atoms with Crippen molar-refractivity contribution in [2.24, 2.45) is 0 Å². The van der Waals surface area contributed by atoms with Crippen LogP contribution >= 0.6 is 0 Å². The van der Waals surface area contributed by atoms with Gasteiger partial charge in [0.1, 0.15) is 5.82 Å². The number of carbonyl (C=O) groups excluding carboxylic acids is 1. The molecule has 3 N–H and O–H groups in total. The first-order chi connectivity index (χ1) is 18.9. The number of anilines is 1. The molecule has 2 heterocycles. The number of nitrogens with one attached hydrogen (secondary N) is 3. The molecule has 1 aliphatic heterocycles. The lowest BCUT2D eigenvalue weighted by atomic mass is 9.72. The van der Waals surface area contributed by atoms with Crippen LogP contribution in [-0.4, -0.2) is 58.6 Å². The van der Waals surface area contributed by atoms with Crippen LogP contribution in [0.5, 0.6) is 34.5 Å². The summed E-state index contributed by atoms with van der Waals surface area (Å²) in [7, 11) is 9.23. The third kappa shape index (κ3) is 4.23. The minimum absolute atomic E-state index is 0.0764. The summed E-state index contributed by atoms with van der Waals surface area (Å²) in [6.45, 7) is 0. The van der Waals surface area contributed by atoms with Gasteiger partial charge in [-0.1, -0.05) is 0 Å². The lowest BCUT2D eigenvalue weighted by molar-refractivity contribution is -0.116. The molecule has 1 aliphatic carbocycles. The average molecular weight is 538 g/mol. The second-order valence-corrected chi connectivity index (χ2v) is 9.26. The second-order valence-electron chi connectivity index (χ2n) is 9.26. The molecule has 11 heteroatoms. The van der Waals surface area contributed by atoms with Crippen molar-refractivity contribution in [2.45, 2.75) is 24.7 Å². The average Bonchev–Trinajstić information content (AvgIpc) is 3.33. The van der Waals surface area contributed by atoms with E-state index in [2.05, 4.69) is 15.5 Å². The largest absolute Gasteiger partial charge is 0.493 e. The molecule has 3 aromatic rings. The van der Waals surface area contributed by atoms with Crippen LogP contribution < -0.4 is 39.3 Å². The first-order valence-corrected chi connectivity index (χ1v) is 12.3. The number of benzene rings is 2. The molecule has 0 amide bonds. The fourth-order valence-electron chi connectivity index (χ4n) is 5.59. The predicted octanol–water partition coefficient (Wildman–Crippen LogP) is 3.71. The van der Waals surface area contributed by atoms with Crippen LogP contribution in [0.3, 0.4) is 0 Å². The topological polar surface area (TPSA) is 133 Å². The molecule has 0 bridgehead atoms. The molecule has 5 rings (SSSR count). The Labute approximate surface area is 225 Å². The quantitative estimate of drug-likeness (QED) is 0.393. The Kier molecular flexibility index (Phi) is 6.90. The van der Waals surface area contributed by atoms with E-state index in [1.54, 1.807) is 33.5 Å². The first-order valence-electron chi connectivity index (χ1n) is 12.3. The third-order valence-electron chi connectivity index (χ3n) is 7.35. The molecule has 39 heavy (non-hydrogen) atoms. The highest BCUT2D eigenvalue weighted by Crippen LogP contribution is 2.50. The summed E-state index contributed by atoms with van der Waals surface area (Å²) in [5.41, 5.74) is 2.91. The van der Waals surface area contributed by atoms with Crippen molar-refractivity contribution in [3.8, 4) is 34.5 Å². The van der Waals surface area contributed by atoms with Crippen LogP contribution in [0.4, 0.5) is 5.82 Å². The van der Waals surface area contributed by atoms with Crippen molar-refractivity contribution in [1.82, 2.24) is 10.2 Å². The summed E-state index contributed by atoms with van der Waals surface area (Å²) >= 11 is 0. The van der Waals surface area contributed by atoms with Gasteiger partial charge in [0.15, 0.2) is 28.8 Å². The number of allylic oxidation sites excluding steroid dienone is 2. The molecule has 2 unspecified atom stereocenters. The fourth-order valence-corrected chi connectivity index (χ4v) is 5.59. The summed E-state index contributed by atoms with van der Waals surface area (Å²) < 4.78 is 33.1. The van der Waals surface area contributed by atoms with Crippen LogP contribution in [0.1, 0.15) is 41.4 Å². The van der Waals surface area contributed by atoms with Gasteiger partial charge < -0.3 is 33.7 Å². The highest BCUT2D eigenvalue weighted by atomic mass is 16.5. The van der Waals surface area contributed by atoms with E-state index in [1.165, 1.54) is 21.3 Å². The zero-order valence-corrected chi connectivity index (χ0v) is 22.6. The number of rotatable bonds is 8. The Morgan fingerprint density at radius 3 is 1.67 bits per heavy atom. The van der Waals surface area contributed by atoms with E-state index in [9.17, 15) is 9.59 Å². The van der Waals surface area contributed by atoms with Crippen molar-refractivity contribution >= 4 is 11.6 Å². The van der Waals surface area contributed by atoms with Crippen LogP contribution in [-0.2, 0) is 4.79 Å². The number of ether oxygens (including phenoxy) is 6. The maximum absolute atomic E-state index is 13.9. The zero-order valence-electron chi connectivity index (χ0n) is 22.6. The summed E-state index contributed by atoms with van der Waals surface area (Å²) in [4.78, 5) is 26.9. The molecular weight excluding hydrogens is 506 g/mol. The lowest BCUT2D eigenvalue weighted by Gasteiger charge is -2.35. The number of aromatic nitrogens is 2. The Balaban J connectivity index is 1.64. The molecule has 2 aromatic carbocycles. The number of methoxy groups -OCH3 is 6. The van der Waals surface area contributed by atoms with Gasteiger partial charge in [-0.3, -0.25) is 19.8 Å². The molecule has 2 atom stereocenters. The van der Waals surface area contributed by atoms with Gasteiger partial charge in [0.25, 0.3) is 5.56 Å². The summed E-state index contributed by atoms with van der Waals surface area (Å²) in [6, 6.07) is 7.29. The molecule has 0 spiro atoms. The van der Waals surface area contributed by atoms with Crippen LogP contribution in [0.15, 0.2) is 40.3 Å². The number of hydrogen-bond acceptors (Lipinski definition) is 9. The van der Waals surface area contributed by atoms with Crippen LogP contribution in [0.25, 0.3) is 0 Å². The number of carbonyl (C=O) groups is 1. The van der Waals surface area contributed by atoms with Crippen LogP contribution in [0, 0.1) is 0 Å². The molecule has 0 saturated heterocycles. The number of Topliss-reactive ketones (excluding diaryl/α,β-unsaturated/α-hetero) is 1. The lowest BCUT2D eigenvalue weighted by Crippen LogP contribution is -2.31. The first kappa shape index (κ1) is 26.1. The van der Waals surface area contributed by atoms with E-state index in [0.717, 1.165) is 11.3 Å². The van der Waals surface area contributed by atoms with Crippen molar-refractivity contribution in [2.75, 3.05) is 48.0 Å². The van der Waals surface area contributed by atoms with Crippen molar-refractivity contribution in [1.29, 1.82) is 0 Å². The van der Waals surface area contributed by atoms with Gasteiger partial charge in [-0.25, -0.2) is 0 Å². The normalized spacial score (nSPS) is 18.1. The van der Waals surface area contributed by atoms with E-state index in [-0.39, 0.29) is 23.7 Å². The number of hydrogen-bond donors (Lipinski definition) is 3. The predicted molar refractivity (Wildman–Crippen MR) is 143 cm³/mol. The van der Waals surface area contributed by atoms with Gasteiger partial charge in [0, 0.05) is 23.6 Å². The minimum atomic E-state index is -0.645. The van der Waals surface area contributed by atoms with Crippen molar-refractivity contribution < 1.29 is 33.2 Å². The monoisotopic (exact) mass is 537 g/mol. The second kappa shape index (κ2) is 10.3. The van der Waals surface area contributed by atoms with E-state index in [0.29, 0.717) is 63.4 Å². The summed E-state index contributed by atoms with van der Waals surface area (Å²) in [5.74, 6) is 2.43. The summed E-state index contributed by atoms with van der Waals surface area (Å²) in [6.07, 6.45) is 0.755. The SMILES string of the molecule is COc1cc(C2CC(=O)C3=C(C2)Nc2[nH][nH]c(=O)c2C3c2cc(OC)c(OC)c(OC)c2)cc(OC)c1OC. The fraction of sp³-hybridized carbons (Fsp3) is 0.357. The molecule has 0 saturated carbocycles. The molecule has 1 aromatic heterocycles. The number of H-pyrrole nitrogens is 2. The van der Waals surface area contributed by atoms with E-state index >= 15 is 0 Å². The van der Waals surface area contributed by atoms with Crippen molar-refractivity contribution in [3.05, 3.63) is 62.6 Å². The van der Waals surface area contributed by atoms with E-state index in [4.69, 9.17) is 28.4 Å². The standard InChI is InChI=1S/C28H31N3O8/c1-34-18-9-14(10-19(35-2)25(18)38-5)13-7-16-23(17(32)8-13)22(24-27(29-16)30-31-28(24)33)15-11-20(36-3)26(39-6)21(12-15)37-4/h9-13,22H,7-8H2,1-6H3,(H3,29,30,31,33). The molecular formula is C28H31N3O8. The maximum atomic E-state index is 13.9. The Hall–Kier alpha value is -4.54. The zero-order chi connectivity index (χ0) is 27.8. The number of fused-ring (bicyclic) bond motifs is 1. The Morgan fingerprint density at radius 2 is 1.18 bits per heavy atom. The van der Waals surface area contributed by atoms with Crippen molar-refractivity contribution in [3.63, 3.8) is 0 Å². The molecule has 206 valence electrons. The van der Waals surface area contributed by atoms with Crippen LogP contribution in [0.2, 0.25) is 0 Å². The highest BCUT2D eigenvalue weighted by molar-refractivity contribution is 6.01. The maximum Gasteiger partial charge on any atom is 0.270 e. The number of aromatic amines is 2. The molecule has 0 radical (unpaired) electrons. The summed E-state index contributed by atoms with van der Waals surface area (Å²) in [5, 5.41) is 8.88. The van der Waals surface area contributed by atoms with Gasteiger partial charge in [-0.05, 0) is 47.7 Å². The molecule has 11 nitrogen and oxygen atoms in total. The van der Waals surface area contributed by atoms with Gasteiger partial charge in [0.2, 0.25) is 11.5 Å². The van der Waals surface area contributed by atoms with Gasteiger partial charge in [-0.15, -0.1) is 0 Å². The van der Waals surface area contributed by atoms with Gasteiger partial charge in [-0.2, -0.15) is 0 Å². The van der Waals surface area contributed by atoms with Gasteiger partial charge >= 0.3 is 0 Å². The highest BCUT2D eigenvalue weighted by Gasteiger charge is 2.41. The molecule has 2 aliphatic rings. The van der Waals surface area contributed by atoms with E-state index in [1.807, 2.05) is 12.1 Å². The third-order valence-corrected chi connectivity index (χ3v) is 7.35. The Bertz CT molecular complexity index is 1470. The van der Waals surface area contributed by atoms with E-state index < -0.39 is 5.92 Å². The Morgan fingerprint density at radius 1 is 0.667 bits per heavy atom. The number of ketones is 1.